The van der Waals surface area contributed by atoms with Gasteiger partial charge in [0.15, 0.2) is 0 Å². The summed E-state index contributed by atoms with van der Waals surface area (Å²) < 4.78 is 0. The number of carboxylic acid groups (broad SMARTS) is 1. The number of likely N-dealkylation sites (tertiary alicyclic amines) is 1. The highest BCUT2D eigenvalue weighted by molar-refractivity contribution is 6.35. The number of rotatable bonds is 4. The minimum absolute atomic E-state index is 0.552. The van der Waals surface area contributed by atoms with Crippen molar-refractivity contribution in [2.45, 2.75) is 38.3 Å². The largest absolute Gasteiger partial charge is 0.480 e. The van der Waals surface area contributed by atoms with Crippen LogP contribution in [0.2, 0.25) is 10.0 Å². The highest BCUT2D eigenvalue weighted by Crippen LogP contribution is 2.35. The maximum absolute atomic E-state index is 11.6. The molecule has 1 saturated heterocycles. The van der Waals surface area contributed by atoms with E-state index in [1.54, 1.807) is 12.1 Å². The van der Waals surface area contributed by atoms with Gasteiger partial charge in [0.25, 0.3) is 0 Å². The van der Waals surface area contributed by atoms with Crippen molar-refractivity contribution in [2.24, 2.45) is 0 Å². The molecule has 5 heteroatoms. The predicted octanol–water partition coefficient (Wildman–Crippen LogP) is 3.82. The summed E-state index contributed by atoms with van der Waals surface area (Å²) in [6, 6.07) is 5.35. The number of benzene rings is 1. The van der Waals surface area contributed by atoms with Crippen LogP contribution in [0.15, 0.2) is 18.2 Å². The van der Waals surface area contributed by atoms with Crippen LogP contribution in [0.25, 0.3) is 0 Å². The first-order chi connectivity index (χ1) is 8.99. The molecule has 1 heterocycles. The van der Waals surface area contributed by atoms with Gasteiger partial charge in [-0.3, -0.25) is 9.69 Å². The summed E-state index contributed by atoms with van der Waals surface area (Å²) in [7, 11) is 0. The molecule has 1 unspecified atom stereocenters. The second-order valence-corrected chi connectivity index (χ2v) is 5.79. The summed E-state index contributed by atoms with van der Waals surface area (Å²) in [6.45, 7) is 3.27. The van der Waals surface area contributed by atoms with Gasteiger partial charge in [0.05, 0.1) is 0 Å². The zero-order valence-corrected chi connectivity index (χ0v) is 12.3. The van der Waals surface area contributed by atoms with Gasteiger partial charge in [0, 0.05) is 16.6 Å². The van der Waals surface area contributed by atoms with Gasteiger partial charge < -0.3 is 5.11 Å². The Kier molecular flexibility index (Phi) is 4.39. The Morgan fingerprint density at radius 3 is 2.79 bits per heavy atom. The van der Waals surface area contributed by atoms with Gasteiger partial charge in [-0.15, -0.1) is 0 Å². The Morgan fingerprint density at radius 2 is 2.21 bits per heavy atom. The molecule has 1 aliphatic heterocycles. The number of aliphatic carboxylic acids is 1. The summed E-state index contributed by atoms with van der Waals surface area (Å²) in [4.78, 5) is 13.6. The Bertz CT molecular complexity index is 492. The molecule has 1 atom stereocenters. The lowest BCUT2D eigenvalue weighted by Gasteiger charge is -2.34. The number of halogens is 2. The third kappa shape index (κ3) is 2.73. The van der Waals surface area contributed by atoms with E-state index in [1.807, 2.05) is 17.9 Å². The first kappa shape index (κ1) is 14.6. The second kappa shape index (κ2) is 5.70. The molecular formula is C14H17Cl2NO2. The fourth-order valence-electron chi connectivity index (χ4n) is 2.81. The molecule has 0 aliphatic carbocycles. The first-order valence-electron chi connectivity index (χ1n) is 6.42. The minimum atomic E-state index is -0.747. The molecule has 0 spiro atoms. The standard InChI is InChI=1S/C14H17Cl2NO2/c1-2-14(13(18)19)6-3-7-17(14)9-10-4-5-11(15)8-12(10)16/h4-5,8H,2-3,6-7,9H2,1H3,(H,18,19). The molecule has 2 rings (SSSR count). The van der Waals surface area contributed by atoms with Crippen molar-refractivity contribution >= 4 is 29.2 Å². The molecule has 3 nitrogen and oxygen atoms in total. The topological polar surface area (TPSA) is 40.5 Å². The van der Waals surface area contributed by atoms with Crippen LogP contribution in [-0.4, -0.2) is 28.1 Å². The molecule has 1 fully saturated rings. The van der Waals surface area contributed by atoms with Crippen molar-refractivity contribution in [2.75, 3.05) is 6.54 Å². The zero-order valence-electron chi connectivity index (χ0n) is 10.8. The number of nitrogens with zero attached hydrogens (tertiary/aromatic N) is 1. The zero-order chi connectivity index (χ0) is 14.0. The molecule has 0 bridgehead atoms. The molecule has 1 aliphatic rings. The van der Waals surface area contributed by atoms with Crippen LogP contribution >= 0.6 is 23.2 Å². The average molecular weight is 302 g/mol. The molecule has 19 heavy (non-hydrogen) atoms. The number of hydrogen-bond acceptors (Lipinski definition) is 2. The van der Waals surface area contributed by atoms with Crippen molar-refractivity contribution in [1.29, 1.82) is 0 Å². The molecule has 0 radical (unpaired) electrons. The van der Waals surface area contributed by atoms with Gasteiger partial charge in [0.1, 0.15) is 5.54 Å². The molecule has 1 aromatic carbocycles. The van der Waals surface area contributed by atoms with E-state index in [0.717, 1.165) is 18.5 Å². The lowest BCUT2D eigenvalue weighted by Crippen LogP contribution is -2.49. The van der Waals surface area contributed by atoms with Crippen molar-refractivity contribution < 1.29 is 9.90 Å². The highest BCUT2D eigenvalue weighted by atomic mass is 35.5. The van der Waals surface area contributed by atoms with E-state index in [4.69, 9.17) is 23.2 Å². The molecule has 1 N–H and O–H groups in total. The van der Waals surface area contributed by atoms with Gasteiger partial charge >= 0.3 is 5.97 Å². The van der Waals surface area contributed by atoms with E-state index >= 15 is 0 Å². The fraction of sp³-hybridized carbons (Fsp3) is 0.500. The highest BCUT2D eigenvalue weighted by Gasteiger charge is 2.45. The predicted molar refractivity (Wildman–Crippen MR) is 76.8 cm³/mol. The fourth-order valence-corrected chi connectivity index (χ4v) is 3.28. The molecular weight excluding hydrogens is 285 g/mol. The SMILES string of the molecule is CCC1(C(=O)O)CCCN1Cc1ccc(Cl)cc1Cl. The quantitative estimate of drug-likeness (QED) is 0.919. The van der Waals surface area contributed by atoms with E-state index in [-0.39, 0.29) is 0 Å². The summed E-state index contributed by atoms with van der Waals surface area (Å²) >= 11 is 12.0. The number of carbonyl (C=O) groups is 1. The maximum atomic E-state index is 11.6. The van der Waals surface area contributed by atoms with Crippen molar-refractivity contribution in [3.05, 3.63) is 33.8 Å². The van der Waals surface area contributed by atoms with E-state index in [0.29, 0.717) is 29.4 Å². The van der Waals surface area contributed by atoms with E-state index in [9.17, 15) is 9.90 Å². The Balaban J connectivity index is 2.24. The van der Waals surface area contributed by atoms with Gasteiger partial charge in [-0.25, -0.2) is 0 Å². The minimum Gasteiger partial charge on any atom is -0.480 e. The van der Waals surface area contributed by atoms with E-state index in [1.165, 1.54) is 0 Å². The van der Waals surface area contributed by atoms with Gasteiger partial charge in [-0.1, -0.05) is 36.2 Å². The summed E-state index contributed by atoms with van der Waals surface area (Å²) in [5.41, 5.74) is 0.176. The van der Waals surface area contributed by atoms with Crippen LogP contribution in [0.1, 0.15) is 31.7 Å². The van der Waals surface area contributed by atoms with Gasteiger partial charge in [-0.05, 0) is 43.5 Å². The molecule has 0 saturated carbocycles. The van der Waals surface area contributed by atoms with Crippen LogP contribution in [0.5, 0.6) is 0 Å². The van der Waals surface area contributed by atoms with Gasteiger partial charge in [0.2, 0.25) is 0 Å². The Hall–Kier alpha value is -0.770. The van der Waals surface area contributed by atoms with Crippen LogP contribution in [-0.2, 0) is 11.3 Å². The second-order valence-electron chi connectivity index (χ2n) is 4.95. The molecule has 1 aromatic rings. The summed E-state index contributed by atoms with van der Waals surface area (Å²) in [5.74, 6) is -0.738. The van der Waals surface area contributed by atoms with Crippen LogP contribution in [0.4, 0.5) is 0 Å². The lowest BCUT2D eigenvalue weighted by molar-refractivity contribution is -0.150. The smallest absolute Gasteiger partial charge is 0.324 e. The van der Waals surface area contributed by atoms with E-state index in [2.05, 4.69) is 0 Å². The van der Waals surface area contributed by atoms with Crippen LogP contribution < -0.4 is 0 Å². The Morgan fingerprint density at radius 1 is 1.47 bits per heavy atom. The maximum Gasteiger partial charge on any atom is 0.324 e. The molecule has 0 amide bonds. The number of hydrogen-bond donors (Lipinski definition) is 1. The molecule has 104 valence electrons. The molecule has 0 aromatic heterocycles. The van der Waals surface area contributed by atoms with Crippen molar-refractivity contribution in [3.63, 3.8) is 0 Å². The lowest BCUT2D eigenvalue weighted by atomic mass is 9.92. The van der Waals surface area contributed by atoms with Crippen LogP contribution in [0.3, 0.4) is 0 Å². The summed E-state index contributed by atoms with van der Waals surface area (Å²) in [5, 5.41) is 10.7. The summed E-state index contributed by atoms with van der Waals surface area (Å²) in [6.07, 6.45) is 2.21. The normalized spacial score (nSPS) is 23.7. The third-order valence-corrected chi connectivity index (χ3v) is 4.57. The average Bonchev–Trinajstić information content (AvgIpc) is 2.76. The van der Waals surface area contributed by atoms with Crippen molar-refractivity contribution in [1.82, 2.24) is 4.90 Å². The third-order valence-electron chi connectivity index (χ3n) is 3.98. The van der Waals surface area contributed by atoms with Crippen molar-refractivity contribution in [3.8, 4) is 0 Å². The monoisotopic (exact) mass is 301 g/mol. The first-order valence-corrected chi connectivity index (χ1v) is 7.17. The number of carboxylic acids is 1. The van der Waals surface area contributed by atoms with Crippen LogP contribution in [0, 0.1) is 0 Å². The van der Waals surface area contributed by atoms with E-state index < -0.39 is 11.5 Å². The Labute approximate surface area is 123 Å². The van der Waals surface area contributed by atoms with Gasteiger partial charge in [-0.2, -0.15) is 0 Å².